The van der Waals surface area contributed by atoms with Crippen LogP contribution in [0.25, 0.3) is 11.1 Å². The van der Waals surface area contributed by atoms with Gasteiger partial charge in [0.25, 0.3) is 0 Å². The molecule has 0 aromatic heterocycles. The first-order valence-corrected chi connectivity index (χ1v) is 12.1. The van der Waals surface area contributed by atoms with Gasteiger partial charge in [-0.05, 0) is 36.0 Å². The summed E-state index contributed by atoms with van der Waals surface area (Å²) in [5.74, 6) is 0.0970. The number of nitrogens with zero attached hydrogens (tertiary/aromatic N) is 1. The highest BCUT2D eigenvalue weighted by Gasteiger charge is 2.57. The van der Waals surface area contributed by atoms with E-state index in [0.717, 1.165) is 24.8 Å². The molecule has 1 heterocycles. The Morgan fingerprint density at radius 1 is 1.10 bits per heavy atom. The molecular weight excluding hydrogens is 384 g/mol. The Bertz CT molecular complexity index is 1010. The second-order valence-corrected chi connectivity index (χ2v) is 10.4. The number of amides is 1. The van der Waals surface area contributed by atoms with Gasteiger partial charge in [0.2, 0.25) is 15.9 Å². The topological polar surface area (TPSA) is 66.5 Å². The molecule has 1 aliphatic heterocycles. The molecule has 5 nitrogen and oxygen atoms in total. The number of rotatable bonds is 5. The summed E-state index contributed by atoms with van der Waals surface area (Å²) in [6.07, 6.45) is 3.60. The van der Waals surface area contributed by atoms with Crippen LogP contribution in [-0.4, -0.2) is 44.6 Å². The minimum Gasteiger partial charge on any atom is -0.341 e. The lowest BCUT2D eigenvalue weighted by Crippen LogP contribution is -2.50. The molecule has 3 atom stereocenters. The molecular formula is C23H28N2O3S. The number of carbonyl (C=O) groups is 1. The molecule has 0 radical (unpaired) electrons. The number of sulfonamides is 1. The highest BCUT2D eigenvalue weighted by Crippen LogP contribution is 2.57. The molecule has 2 aliphatic rings. The molecule has 1 amide bonds. The highest BCUT2D eigenvalue weighted by molar-refractivity contribution is 7.88. The van der Waals surface area contributed by atoms with Crippen LogP contribution in [0.1, 0.15) is 31.7 Å². The van der Waals surface area contributed by atoms with Crippen LogP contribution in [0, 0.1) is 5.92 Å². The number of likely N-dealkylation sites (tertiary alicyclic amines) is 1. The standard InChI is InChI=1S/C23H28N2O3S/c1-23(20-13-7-6-12-19(20)17-9-4-3-5-10-17)15-21(23)22(26)25-14-8-11-18(16-25)24-29(2,27)28/h3-7,9-10,12-13,18,21,24H,8,11,14-16H2,1-2H3. The van der Waals surface area contributed by atoms with Crippen LogP contribution in [0.5, 0.6) is 0 Å². The van der Waals surface area contributed by atoms with Crippen molar-refractivity contribution in [3.63, 3.8) is 0 Å². The molecule has 154 valence electrons. The maximum absolute atomic E-state index is 13.3. The van der Waals surface area contributed by atoms with E-state index in [0.29, 0.717) is 13.1 Å². The van der Waals surface area contributed by atoms with Gasteiger partial charge in [-0.3, -0.25) is 4.79 Å². The fraction of sp³-hybridized carbons (Fsp3) is 0.435. The zero-order valence-electron chi connectivity index (χ0n) is 17.0. The van der Waals surface area contributed by atoms with Crippen LogP contribution in [0.15, 0.2) is 54.6 Å². The zero-order valence-corrected chi connectivity index (χ0v) is 17.8. The SMILES string of the molecule is CC1(c2ccccc2-c2ccccc2)CC1C(=O)N1CCCC(NS(C)(=O)=O)C1. The maximum atomic E-state index is 13.3. The predicted octanol–water partition coefficient (Wildman–Crippen LogP) is 3.17. The van der Waals surface area contributed by atoms with Crippen molar-refractivity contribution < 1.29 is 13.2 Å². The fourth-order valence-corrected chi connectivity index (χ4v) is 5.47. The molecule has 2 aromatic rings. The van der Waals surface area contributed by atoms with Crippen molar-refractivity contribution in [3.8, 4) is 11.1 Å². The Hall–Kier alpha value is -2.18. The predicted molar refractivity (Wildman–Crippen MR) is 115 cm³/mol. The normalized spacial score (nSPS) is 26.9. The molecule has 2 fully saturated rings. The molecule has 1 saturated heterocycles. The second kappa shape index (κ2) is 7.58. The first-order chi connectivity index (χ1) is 13.8. The zero-order chi connectivity index (χ0) is 20.6. The number of piperidine rings is 1. The smallest absolute Gasteiger partial charge is 0.226 e. The average molecular weight is 413 g/mol. The van der Waals surface area contributed by atoms with Gasteiger partial charge in [0.05, 0.1) is 6.26 Å². The Morgan fingerprint density at radius 2 is 1.79 bits per heavy atom. The fourth-order valence-electron chi connectivity index (χ4n) is 4.67. The van der Waals surface area contributed by atoms with Crippen molar-refractivity contribution >= 4 is 15.9 Å². The van der Waals surface area contributed by atoms with Gasteiger partial charge in [0.1, 0.15) is 0 Å². The largest absolute Gasteiger partial charge is 0.341 e. The van der Waals surface area contributed by atoms with E-state index >= 15 is 0 Å². The van der Waals surface area contributed by atoms with Gasteiger partial charge >= 0.3 is 0 Å². The molecule has 4 rings (SSSR count). The van der Waals surface area contributed by atoms with Gasteiger partial charge < -0.3 is 4.90 Å². The van der Waals surface area contributed by atoms with Gasteiger partial charge in [-0.1, -0.05) is 61.5 Å². The summed E-state index contributed by atoms with van der Waals surface area (Å²) in [5.41, 5.74) is 3.38. The third kappa shape index (κ3) is 4.23. The average Bonchev–Trinajstić information content (AvgIpc) is 3.40. The van der Waals surface area contributed by atoms with Crippen molar-refractivity contribution in [1.82, 2.24) is 9.62 Å². The molecule has 1 N–H and O–H groups in total. The molecule has 0 bridgehead atoms. The van der Waals surface area contributed by atoms with Crippen molar-refractivity contribution in [1.29, 1.82) is 0 Å². The molecule has 3 unspecified atom stereocenters. The Balaban J connectivity index is 1.53. The Kier molecular flexibility index (Phi) is 5.25. The maximum Gasteiger partial charge on any atom is 0.226 e. The molecule has 1 aliphatic carbocycles. The summed E-state index contributed by atoms with van der Waals surface area (Å²) < 4.78 is 25.8. The van der Waals surface area contributed by atoms with Crippen LogP contribution < -0.4 is 4.72 Å². The molecule has 1 saturated carbocycles. The van der Waals surface area contributed by atoms with E-state index in [2.05, 4.69) is 35.9 Å². The van der Waals surface area contributed by atoms with Crippen molar-refractivity contribution in [2.24, 2.45) is 5.92 Å². The second-order valence-electron chi connectivity index (χ2n) is 8.60. The van der Waals surface area contributed by atoms with Gasteiger partial charge in [-0.15, -0.1) is 0 Å². The monoisotopic (exact) mass is 412 g/mol. The third-order valence-corrected chi connectivity index (χ3v) is 7.04. The first kappa shape index (κ1) is 20.1. The van der Waals surface area contributed by atoms with E-state index in [1.165, 1.54) is 17.4 Å². The van der Waals surface area contributed by atoms with Crippen LogP contribution in [0.2, 0.25) is 0 Å². The number of hydrogen-bond acceptors (Lipinski definition) is 3. The highest BCUT2D eigenvalue weighted by atomic mass is 32.2. The summed E-state index contributed by atoms with van der Waals surface area (Å²) in [6, 6.07) is 18.4. The molecule has 6 heteroatoms. The van der Waals surface area contributed by atoms with E-state index in [-0.39, 0.29) is 23.3 Å². The molecule has 2 aromatic carbocycles. The summed E-state index contributed by atoms with van der Waals surface area (Å²) in [7, 11) is -3.27. The quantitative estimate of drug-likeness (QED) is 0.820. The minimum absolute atomic E-state index is 0.0515. The lowest BCUT2D eigenvalue weighted by atomic mass is 9.87. The third-order valence-electron chi connectivity index (χ3n) is 6.28. The number of hydrogen-bond donors (Lipinski definition) is 1. The number of carbonyl (C=O) groups excluding carboxylic acids is 1. The Morgan fingerprint density at radius 3 is 2.52 bits per heavy atom. The Labute approximate surface area is 173 Å². The van der Waals surface area contributed by atoms with Crippen LogP contribution in [0.4, 0.5) is 0 Å². The van der Waals surface area contributed by atoms with E-state index in [9.17, 15) is 13.2 Å². The van der Waals surface area contributed by atoms with Crippen molar-refractivity contribution in [2.75, 3.05) is 19.3 Å². The van der Waals surface area contributed by atoms with E-state index in [1.807, 2.05) is 35.2 Å². The van der Waals surface area contributed by atoms with E-state index in [4.69, 9.17) is 0 Å². The number of nitrogens with one attached hydrogen (secondary N) is 1. The lowest BCUT2D eigenvalue weighted by Gasteiger charge is -2.33. The first-order valence-electron chi connectivity index (χ1n) is 10.2. The van der Waals surface area contributed by atoms with Crippen LogP contribution in [0.3, 0.4) is 0 Å². The van der Waals surface area contributed by atoms with Crippen molar-refractivity contribution in [3.05, 3.63) is 60.2 Å². The molecule has 29 heavy (non-hydrogen) atoms. The van der Waals surface area contributed by atoms with Crippen molar-refractivity contribution in [2.45, 2.75) is 37.6 Å². The summed E-state index contributed by atoms with van der Waals surface area (Å²) in [5, 5.41) is 0. The lowest BCUT2D eigenvalue weighted by molar-refractivity contribution is -0.134. The number of benzene rings is 2. The van der Waals surface area contributed by atoms with Gasteiger partial charge in [0, 0.05) is 30.5 Å². The van der Waals surface area contributed by atoms with Crippen LogP contribution in [-0.2, 0) is 20.2 Å². The van der Waals surface area contributed by atoms with Gasteiger partial charge in [-0.25, -0.2) is 13.1 Å². The molecule has 0 spiro atoms. The van der Waals surface area contributed by atoms with Crippen LogP contribution >= 0.6 is 0 Å². The van der Waals surface area contributed by atoms with E-state index in [1.54, 1.807) is 0 Å². The van der Waals surface area contributed by atoms with E-state index < -0.39 is 10.0 Å². The van der Waals surface area contributed by atoms with Gasteiger partial charge in [0.15, 0.2) is 0 Å². The summed E-state index contributed by atoms with van der Waals surface area (Å²) in [6.45, 7) is 3.33. The summed E-state index contributed by atoms with van der Waals surface area (Å²) >= 11 is 0. The summed E-state index contributed by atoms with van der Waals surface area (Å²) in [4.78, 5) is 15.1. The minimum atomic E-state index is -3.27. The van der Waals surface area contributed by atoms with Gasteiger partial charge in [-0.2, -0.15) is 0 Å².